The van der Waals surface area contributed by atoms with Gasteiger partial charge in [0.2, 0.25) is 0 Å². The summed E-state index contributed by atoms with van der Waals surface area (Å²) in [5.41, 5.74) is 4.63. The van der Waals surface area contributed by atoms with E-state index in [1.54, 1.807) is 11.0 Å². The third-order valence-electron chi connectivity index (χ3n) is 9.13. The Hall–Kier alpha value is -4.22. The number of anilines is 2. The Labute approximate surface area is 263 Å². The topological polar surface area (TPSA) is 120 Å². The summed E-state index contributed by atoms with van der Waals surface area (Å²) >= 11 is 0. The Balaban J connectivity index is 1.000. The van der Waals surface area contributed by atoms with Gasteiger partial charge >= 0.3 is 6.01 Å². The standard InChI is InChI=1S/C34H41N7O4/c1-22(2)44-33-36-27(32(43)41-18-14-28(29(42)21-41)40-15-11-23-7-3-4-8-24(23)20-40)19-31(38-33)35-25-12-16-39(17-13-25)34-37-26-9-5-6-10-30(26)45-34/h3-10,19,22,25,28-29,42H,11-18,20-21H2,1-2H3,(H,35,36,38)/t28-,29-/m1/s1. The normalized spacial score (nSPS) is 21.2. The first-order valence-electron chi connectivity index (χ1n) is 16.1. The highest BCUT2D eigenvalue weighted by molar-refractivity contribution is 5.93. The molecule has 45 heavy (non-hydrogen) atoms. The van der Waals surface area contributed by atoms with Gasteiger partial charge in [-0.1, -0.05) is 36.4 Å². The number of likely N-dealkylation sites (tertiary alicyclic amines) is 1. The van der Waals surface area contributed by atoms with Crippen LogP contribution in [0.5, 0.6) is 6.01 Å². The van der Waals surface area contributed by atoms with E-state index in [0.29, 0.717) is 24.8 Å². The molecule has 2 atom stereocenters. The maximum Gasteiger partial charge on any atom is 0.319 e. The minimum atomic E-state index is -0.634. The van der Waals surface area contributed by atoms with Crippen LogP contribution in [-0.2, 0) is 13.0 Å². The van der Waals surface area contributed by atoms with Gasteiger partial charge in [0.1, 0.15) is 17.0 Å². The van der Waals surface area contributed by atoms with Crippen molar-refractivity contribution in [3.63, 3.8) is 0 Å². The number of para-hydroxylation sites is 2. The van der Waals surface area contributed by atoms with Gasteiger partial charge in [0.05, 0.1) is 12.2 Å². The van der Waals surface area contributed by atoms with Crippen LogP contribution in [0.25, 0.3) is 11.1 Å². The molecule has 0 aliphatic carbocycles. The average molecular weight is 612 g/mol. The first-order valence-corrected chi connectivity index (χ1v) is 16.1. The number of amides is 1. The molecule has 5 heterocycles. The second-order valence-electron chi connectivity index (χ2n) is 12.6. The highest BCUT2D eigenvalue weighted by Gasteiger charge is 2.36. The lowest BCUT2D eigenvalue weighted by atomic mass is 9.94. The minimum absolute atomic E-state index is 0.0190. The zero-order chi connectivity index (χ0) is 30.9. The number of piperidine rings is 2. The van der Waals surface area contributed by atoms with Gasteiger partial charge in [0.25, 0.3) is 11.9 Å². The summed E-state index contributed by atoms with van der Waals surface area (Å²) in [6.07, 6.45) is 2.62. The van der Waals surface area contributed by atoms with E-state index in [0.717, 1.165) is 56.5 Å². The number of ether oxygens (including phenoxy) is 1. The number of carbonyl (C=O) groups is 1. The van der Waals surface area contributed by atoms with E-state index in [1.807, 2.05) is 38.1 Å². The Morgan fingerprint density at radius 1 is 0.978 bits per heavy atom. The predicted octanol–water partition coefficient (Wildman–Crippen LogP) is 4.12. The first-order chi connectivity index (χ1) is 21.9. The molecular formula is C34H41N7O4. The lowest BCUT2D eigenvalue weighted by Crippen LogP contribution is -2.56. The van der Waals surface area contributed by atoms with Gasteiger partial charge in [0, 0.05) is 57.4 Å². The molecule has 3 aliphatic heterocycles. The summed E-state index contributed by atoms with van der Waals surface area (Å²) < 4.78 is 11.8. The van der Waals surface area contributed by atoms with Crippen LogP contribution in [0.4, 0.5) is 11.8 Å². The molecule has 0 saturated carbocycles. The number of rotatable bonds is 7. The van der Waals surface area contributed by atoms with E-state index in [-0.39, 0.29) is 42.3 Å². The number of nitrogens with zero attached hydrogens (tertiary/aromatic N) is 6. The number of oxazole rings is 1. The molecule has 7 rings (SSSR count). The molecule has 3 aliphatic rings. The zero-order valence-corrected chi connectivity index (χ0v) is 25.9. The summed E-state index contributed by atoms with van der Waals surface area (Å²) in [6.45, 7) is 7.95. The Morgan fingerprint density at radius 2 is 1.76 bits per heavy atom. The van der Waals surface area contributed by atoms with Gasteiger partial charge in [-0.2, -0.15) is 15.0 Å². The van der Waals surface area contributed by atoms with Crippen molar-refractivity contribution in [3.8, 4) is 6.01 Å². The SMILES string of the molecule is CC(C)Oc1nc(NC2CCN(c3nc4ccccc4o3)CC2)cc(C(=O)N2CC[C@@H](N3CCc4ccccc4C3)[C@H](O)C2)n1. The van der Waals surface area contributed by atoms with Crippen LogP contribution in [0.15, 0.2) is 59.0 Å². The summed E-state index contributed by atoms with van der Waals surface area (Å²) in [6, 6.07) is 19.0. The van der Waals surface area contributed by atoms with Crippen molar-refractivity contribution in [3.05, 3.63) is 71.4 Å². The monoisotopic (exact) mass is 611 g/mol. The van der Waals surface area contributed by atoms with Gasteiger partial charge in [-0.25, -0.2) is 0 Å². The fraction of sp³-hybridized carbons (Fsp3) is 0.471. The highest BCUT2D eigenvalue weighted by atomic mass is 16.5. The lowest BCUT2D eigenvalue weighted by Gasteiger charge is -2.43. The van der Waals surface area contributed by atoms with Crippen molar-refractivity contribution in [1.29, 1.82) is 0 Å². The van der Waals surface area contributed by atoms with Crippen molar-refractivity contribution in [1.82, 2.24) is 24.8 Å². The van der Waals surface area contributed by atoms with Crippen LogP contribution < -0.4 is 15.0 Å². The molecule has 11 heteroatoms. The van der Waals surface area contributed by atoms with Crippen molar-refractivity contribution in [2.24, 2.45) is 0 Å². The third kappa shape index (κ3) is 6.46. The summed E-state index contributed by atoms with van der Waals surface area (Å²) in [5.74, 6) is 0.341. The Bertz CT molecular complexity index is 1620. The molecule has 11 nitrogen and oxygen atoms in total. The van der Waals surface area contributed by atoms with Crippen LogP contribution in [0, 0.1) is 0 Å². The van der Waals surface area contributed by atoms with Gasteiger partial charge < -0.3 is 29.4 Å². The Kier molecular flexibility index (Phi) is 8.29. The molecule has 0 unspecified atom stereocenters. The number of carbonyl (C=O) groups excluding carboxylic acids is 1. The summed E-state index contributed by atoms with van der Waals surface area (Å²) in [5, 5.41) is 14.7. The van der Waals surface area contributed by atoms with Gasteiger partial charge in [-0.05, 0) is 62.8 Å². The fourth-order valence-electron chi connectivity index (χ4n) is 6.78. The molecular weight excluding hydrogens is 570 g/mol. The van der Waals surface area contributed by atoms with Crippen LogP contribution in [0.1, 0.15) is 54.7 Å². The molecule has 0 spiro atoms. The zero-order valence-electron chi connectivity index (χ0n) is 25.9. The molecule has 2 saturated heterocycles. The van der Waals surface area contributed by atoms with E-state index < -0.39 is 6.10 Å². The Morgan fingerprint density at radius 3 is 2.53 bits per heavy atom. The van der Waals surface area contributed by atoms with Crippen molar-refractivity contribution in [2.75, 3.05) is 42.9 Å². The average Bonchev–Trinajstić information content (AvgIpc) is 3.48. The smallest absolute Gasteiger partial charge is 0.319 e. The maximum absolute atomic E-state index is 13.8. The van der Waals surface area contributed by atoms with E-state index in [4.69, 9.17) is 9.15 Å². The molecule has 2 aromatic heterocycles. The summed E-state index contributed by atoms with van der Waals surface area (Å²) in [7, 11) is 0. The van der Waals surface area contributed by atoms with Crippen molar-refractivity contribution < 1.29 is 19.1 Å². The number of aliphatic hydroxyl groups is 1. The fourth-order valence-corrected chi connectivity index (χ4v) is 6.78. The van der Waals surface area contributed by atoms with Crippen LogP contribution >= 0.6 is 0 Å². The molecule has 236 valence electrons. The second-order valence-corrected chi connectivity index (χ2v) is 12.6. The predicted molar refractivity (Wildman–Crippen MR) is 172 cm³/mol. The quantitative estimate of drug-likeness (QED) is 0.316. The molecule has 2 fully saturated rings. The number of benzene rings is 2. The highest BCUT2D eigenvalue weighted by Crippen LogP contribution is 2.28. The number of hydrogen-bond donors (Lipinski definition) is 2. The number of aliphatic hydroxyl groups excluding tert-OH is 1. The number of nitrogens with one attached hydrogen (secondary N) is 1. The first kappa shape index (κ1) is 29.5. The number of aromatic nitrogens is 3. The van der Waals surface area contributed by atoms with Crippen LogP contribution in [0.2, 0.25) is 0 Å². The van der Waals surface area contributed by atoms with Gasteiger partial charge in [-0.3, -0.25) is 9.69 Å². The number of hydrogen-bond acceptors (Lipinski definition) is 10. The van der Waals surface area contributed by atoms with Crippen molar-refractivity contribution >= 4 is 28.8 Å². The molecule has 0 radical (unpaired) electrons. The largest absolute Gasteiger partial charge is 0.461 e. The molecule has 2 N–H and O–H groups in total. The van der Waals surface area contributed by atoms with E-state index >= 15 is 0 Å². The van der Waals surface area contributed by atoms with E-state index in [9.17, 15) is 9.90 Å². The van der Waals surface area contributed by atoms with Crippen LogP contribution in [-0.4, -0.2) is 92.8 Å². The van der Waals surface area contributed by atoms with E-state index in [1.165, 1.54) is 11.1 Å². The molecule has 4 aromatic rings. The lowest BCUT2D eigenvalue weighted by molar-refractivity contribution is -0.0139. The van der Waals surface area contributed by atoms with Crippen LogP contribution in [0.3, 0.4) is 0 Å². The summed E-state index contributed by atoms with van der Waals surface area (Å²) in [4.78, 5) is 33.7. The van der Waals surface area contributed by atoms with Crippen molar-refractivity contribution in [2.45, 2.75) is 70.4 Å². The number of β-amino-alcohol motifs (C(OH)–C–C–N with tert-alkyl or cyclic N) is 1. The number of fused-ring (bicyclic) bond motifs is 2. The minimum Gasteiger partial charge on any atom is -0.461 e. The molecule has 0 bridgehead atoms. The second kappa shape index (κ2) is 12.6. The maximum atomic E-state index is 13.8. The molecule has 1 amide bonds. The van der Waals surface area contributed by atoms with E-state index in [2.05, 4.69) is 54.3 Å². The van der Waals surface area contributed by atoms with Gasteiger partial charge in [-0.15, -0.1) is 0 Å². The van der Waals surface area contributed by atoms with Gasteiger partial charge in [0.15, 0.2) is 5.58 Å². The molecule has 2 aromatic carbocycles. The third-order valence-corrected chi connectivity index (χ3v) is 9.13.